The molecule has 1 saturated heterocycles. The molecule has 3 heterocycles. The molecule has 0 bridgehead atoms. The molecule has 0 atom stereocenters. The Labute approximate surface area is 154 Å². The average Bonchev–Trinajstić information content (AvgIpc) is 3.11. The van der Waals surface area contributed by atoms with Gasteiger partial charge in [0.05, 0.1) is 6.54 Å². The van der Waals surface area contributed by atoms with Gasteiger partial charge in [0.2, 0.25) is 11.8 Å². The lowest BCUT2D eigenvalue weighted by molar-refractivity contribution is -0.137. The number of hydrogen-bond acceptors (Lipinski definition) is 4. The number of likely N-dealkylation sites (tertiary alicyclic amines) is 1. The van der Waals surface area contributed by atoms with Gasteiger partial charge in [-0.15, -0.1) is 10.2 Å². The molecule has 4 rings (SSSR count). The predicted octanol–water partition coefficient (Wildman–Crippen LogP) is 1.93. The topological polar surface area (TPSA) is 71.3 Å². The molecule has 0 unspecified atom stereocenters. The van der Waals surface area contributed by atoms with Gasteiger partial charge in [-0.25, -0.2) is 0 Å². The van der Waals surface area contributed by atoms with Crippen molar-refractivity contribution in [3.05, 3.63) is 11.6 Å². The smallest absolute Gasteiger partial charge is 0.225 e. The normalized spacial score (nSPS) is 22.3. The summed E-state index contributed by atoms with van der Waals surface area (Å²) in [6.45, 7) is 5.34. The second kappa shape index (κ2) is 7.37. The molecule has 7 nitrogen and oxygen atoms in total. The van der Waals surface area contributed by atoms with Crippen LogP contribution in [0.5, 0.6) is 0 Å². The second-order valence-corrected chi connectivity index (χ2v) is 8.00. The van der Waals surface area contributed by atoms with Crippen molar-refractivity contribution in [1.82, 2.24) is 24.6 Å². The molecule has 1 aliphatic carbocycles. The third-order valence-corrected chi connectivity index (χ3v) is 6.35. The van der Waals surface area contributed by atoms with E-state index >= 15 is 0 Å². The summed E-state index contributed by atoms with van der Waals surface area (Å²) in [5.41, 5.74) is 0. The average molecular weight is 359 g/mol. The van der Waals surface area contributed by atoms with Gasteiger partial charge in [-0.1, -0.05) is 19.3 Å². The van der Waals surface area contributed by atoms with Crippen LogP contribution in [0.4, 0.5) is 0 Å². The Morgan fingerprint density at radius 2 is 1.62 bits per heavy atom. The quantitative estimate of drug-likeness (QED) is 0.809. The highest BCUT2D eigenvalue weighted by Crippen LogP contribution is 2.31. The number of aromatic nitrogens is 3. The third kappa shape index (κ3) is 3.35. The maximum Gasteiger partial charge on any atom is 0.225 e. The summed E-state index contributed by atoms with van der Waals surface area (Å²) in [7, 11) is 0. The third-order valence-electron chi connectivity index (χ3n) is 6.35. The number of piperidine rings is 1. The Bertz CT molecular complexity index is 671. The first kappa shape index (κ1) is 17.5. The Morgan fingerprint density at radius 3 is 2.31 bits per heavy atom. The molecule has 0 spiro atoms. The summed E-state index contributed by atoms with van der Waals surface area (Å²) in [6.07, 6.45) is 7.77. The van der Waals surface area contributed by atoms with Crippen molar-refractivity contribution in [1.29, 1.82) is 0 Å². The number of carbonyl (C=O) groups is 2. The van der Waals surface area contributed by atoms with Gasteiger partial charge in [-0.3, -0.25) is 9.59 Å². The Balaban J connectivity index is 1.37. The number of hydrogen-bond donors (Lipinski definition) is 0. The monoisotopic (exact) mass is 359 g/mol. The molecule has 1 aromatic heterocycles. The van der Waals surface area contributed by atoms with E-state index in [-0.39, 0.29) is 11.8 Å². The molecule has 2 aliphatic heterocycles. The van der Waals surface area contributed by atoms with Crippen LogP contribution < -0.4 is 0 Å². The van der Waals surface area contributed by atoms with Crippen LogP contribution in [-0.2, 0) is 22.7 Å². The lowest BCUT2D eigenvalue weighted by atomic mass is 9.87. The number of nitrogens with zero attached hydrogens (tertiary/aromatic N) is 5. The molecule has 2 fully saturated rings. The van der Waals surface area contributed by atoms with Gasteiger partial charge in [0.1, 0.15) is 5.82 Å². The summed E-state index contributed by atoms with van der Waals surface area (Å²) in [4.78, 5) is 28.2. The van der Waals surface area contributed by atoms with Gasteiger partial charge in [0.15, 0.2) is 5.82 Å². The molecule has 0 aromatic carbocycles. The van der Waals surface area contributed by atoms with E-state index in [4.69, 9.17) is 0 Å². The Morgan fingerprint density at radius 1 is 0.885 bits per heavy atom. The molecule has 142 valence electrons. The van der Waals surface area contributed by atoms with Crippen LogP contribution in [0.3, 0.4) is 0 Å². The molecule has 1 aromatic rings. The summed E-state index contributed by atoms with van der Waals surface area (Å²) in [5.74, 6) is 3.04. The van der Waals surface area contributed by atoms with Crippen molar-refractivity contribution < 1.29 is 9.59 Å². The van der Waals surface area contributed by atoms with E-state index in [0.29, 0.717) is 18.4 Å². The van der Waals surface area contributed by atoms with Crippen LogP contribution in [0.2, 0.25) is 0 Å². The molecular weight excluding hydrogens is 330 g/mol. The Kier molecular flexibility index (Phi) is 4.96. The van der Waals surface area contributed by atoms with E-state index in [1.54, 1.807) is 6.92 Å². The highest BCUT2D eigenvalue weighted by molar-refractivity contribution is 5.79. The minimum atomic E-state index is 0.0929. The first-order chi connectivity index (χ1) is 12.6. The fourth-order valence-electron chi connectivity index (χ4n) is 4.72. The highest BCUT2D eigenvalue weighted by atomic mass is 16.2. The van der Waals surface area contributed by atoms with E-state index in [1.807, 2.05) is 4.90 Å². The second-order valence-electron chi connectivity index (χ2n) is 8.00. The van der Waals surface area contributed by atoms with Crippen molar-refractivity contribution in [2.45, 2.75) is 70.9 Å². The zero-order valence-corrected chi connectivity index (χ0v) is 15.7. The molecular formula is C19H29N5O2. The highest BCUT2D eigenvalue weighted by Gasteiger charge is 2.32. The fourth-order valence-corrected chi connectivity index (χ4v) is 4.72. The first-order valence-corrected chi connectivity index (χ1v) is 10.1. The van der Waals surface area contributed by atoms with Crippen molar-refractivity contribution in [3.8, 4) is 0 Å². The van der Waals surface area contributed by atoms with Crippen LogP contribution in [0.1, 0.15) is 69.4 Å². The van der Waals surface area contributed by atoms with Crippen LogP contribution in [0, 0.1) is 5.92 Å². The molecule has 0 N–H and O–H groups in total. The molecule has 26 heavy (non-hydrogen) atoms. The molecule has 0 radical (unpaired) electrons. The van der Waals surface area contributed by atoms with E-state index in [9.17, 15) is 9.59 Å². The number of amides is 2. The van der Waals surface area contributed by atoms with E-state index in [2.05, 4.69) is 19.7 Å². The van der Waals surface area contributed by atoms with E-state index in [0.717, 1.165) is 63.5 Å². The molecule has 7 heteroatoms. The van der Waals surface area contributed by atoms with E-state index in [1.165, 1.54) is 19.3 Å². The van der Waals surface area contributed by atoms with Gasteiger partial charge in [-0.2, -0.15) is 0 Å². The van der Waals surface area contributed by atoms with Gasteiger partial charge in [0, 0.05) is 44.9 Å². The Hall–Kier alpha value is -1.92. The summed E-state index contributed by atoms with van der Waals surface area (Å²) >= 11 is 0. The lowest BCUT2D eigenvalue weighted by Gasteiger charge is -2.35. The van der Waals surface area contributed by atoms with Gasteiger partial charge in [-0.05, 0) is 25.7 Å². The van der Waals surface area contributed by atoms with Crippen molar-refractivity contribution >= 4 is 11.8 Å². The van der Waals surface area contributed by atoms with Crippen LogP contribution in [0.15, 0.2) is 0 Å². The number of fused-ring (bicyclic) bond motifs is 1. The summed E-state index contributed by atoms with van der Waals surface area (Å²) in [6, 6.07) is 0. The van der Waals surface area contributed by atoms with Crippen LogP contribution in [-0.4, -0.2) is 56.0 Å². The van der Waals surface area contributed by atoms with Crippen molar-refractivity contribution in [3.63, 3.8) is 0 Å². The lowest BCUT2D eigenvalue weighted by Crippen LogP contribution is -2.42. The van der Waals surface area contributed by atoms with Gasteiger partial charge >= 0.3 is 0 Å². The van der Waals surface area contributed by atoms with Crippen molar-refractivity contribution in [2.24, 2.45) is 5.92 Å². The maximum absolute atomic E-state index is 12.7. The summed E-state index contributed by atoms with van der Waals surface area (Å²) in [5, 5.41) is 8.78. The minimum absolute atomic E-state index is 0.0929. The molecule has 3 aliphatic rings. The number of rotatable bonds is 2. The van der Waals surface area contributed by atoms with E-state index < -0.39 is 0 Å². The predicted molar refractivity (Wildman–Crippen MR) is 96.2 cm³/mol. The molecule has 1 saturated carbocycles. The minimum Gasteiger partial charge on any atom is -0.342 e. The largest absolute Gasteiger partial charge is 0.342 e. The zero-order valence-electron chi connectivity index (χ0n) is 15.7. The van der Waals surface area contributed by atoms with Gasteiger partial charge in [0.25, 0.3) is 0 Å². The fraction of sp³-hybridized carbons (Fsp3) is 0.789. The van der Waals surface area contributed by atoms with Crippen LogP contribution >= 0.6 is 0 Å². The zero-order chi connectivity index (χ0) is 18.1. The summed E-state index contributed by atoms with van der Waals surface area (Å²) < 4.78 is 2.20. The van der Waals surface area contributed by atoms with Crippen molar-refractivity contribution in [2.75, 3.05) is 19.6 Å². The van der Waals surface area contributed by atoms with Crippen LogP contribution in [0.25, 0.3) is 0 Å². The SMILES string of the molecule is CC(=O)N1CCn2c(nnc2C2CCN(C(=O)C3CCCCC3)CC2)C1. The van der Waals surface area contributed by atoms with Gasteiger partial charge < -0.3 is 14.4 Å². The molecule has 2 amide bonds. The first-order valence-electron chi connectivity index (χ1n) is 10.1. The maximum atomic E-state index is 12.7. The number of carbonyl (C=O) groups excluding carboxylic acids is 2. The standard InChI is InChI=1S/C19H29N5O2/c1-14(25)23-11-12-24-17(13-23)20-21-18(24)15-7-9-22(10-8-15)19(26)16-5-3-2-4-6-16/h15-16H,2-13H2,1H3.